The van der Waals surface area contributed by atoms with Crippen molar-refractivity contribution >= 4 is 23.2 Å². The second-order valence-electron chi connectivity index (χ2n) is 5.30. The van der Waals surface area contributed by atoms with E-state index in [1.54, 1.807) is 31.2 Å². The molecule has 0 aliphatic heterocycles. The molecule has 0 radical (unpaired) electrons. The zero-order valence-electron chi connectivity index (χ0n) is 13.1. The van der Waals surface area contributed by atoms with Crippen molar-refractivity contribution in [2.45, 2.75) is 19.4 Å². The number of amides is 1. The van der Waals surface area contributed by atoms with Crippen molar-refractivity contribution in [3.8, 4) is 5.75 Å². The third-order valence-electron chi connectivity index (χ3n) is 3.53. The lowest BCUT2D eigenvalue weighted by atomic mass is 10.3. The predicted molar refractivity (Wildman–Crippen MR) is 91.2 cm³/mol. The van der Waals surface area contributed by atoms with Gasteiger partial charge < -0.3 is 10.1 Å². The number of pyridine rings is 1. The highest BCUT2D eigenvalue weighted by atomic mass is 35.5. The molecule has 24 heavy (non-hydrogen) atoms. The summed E-state index contributed by atoms with van der Waals surface area (Å²) < 4.78 is 7.49. The lowest BCUT2D eigenvalue weighted by molar-refractivity contribution is -0.127. The summed E-state index contributed by atoms with van der Waals surface area (Å²) in [5, 5.41) is 11.7. The Labute approximate surface area is 144 Å². The standard InChI is InChI=1S/C17H17ClN4O2/c1-12(24-14-7-5-13(18)6-8-14)17(23)19-10-9-16-21-20-15-4-2-3-11-22(15)16/h2-8,11-12H,9-10H2,1H3,(H,19,23)/t12-/m1/s1. The Hall–Kier alpha value is -2.60. The van der Waals surface area contributed by atoms with E-state index in [2.05, 4.69) is 15.5 Å². The van der Waals surface area contributed by atoms with Gasteiger partial charge in [0, 0.05) is 24.2 Å². The summed E-state index contributed by atoms with van der Waals surface area (Å²) in [7, 11) is 0. The van der Waals surface area contributed by atoms with E-state index in [1.165, 1.54) is 0 Å². The summed E-state index contributed by atoms with van der Waals surface area (Å²) in [6, 6.07) is 12.6. The van der Waals surface area contributed by atoms with E-state index in [0.29, 0.717) is 23.7 Å². The lowest BCUT2D eigenvalue weighted by Gasteiger charge is -2.14. The van der Waals surface area contributed by atoms with Crippen molar-refractivity contribution in [3.05, 3.63) is 59.5 Å². The van der Waals surface area contributed by atoms with Gasteiger partial charge in [0.2, 0.25) is 0 Å². The molecule has 3 aromatic rings. The van der Waals surface area contributed by atoms with Crippen LogP contribution >= 0.6 is 11.6 Å². The molecule has 1 N–H and O–H groups in total. The van der Waals surface area contributed by atoms with Gasteiger partial charge in [0.15, 0.2) is 11.8 Å². The maximum absolute atomic E-state index is 12.1. The third-order valence-corrected chi connectivity index (χ3v) is 3.78. The van der Waals surface area contributed by atoms with Crippen LogP contribution in [-0.4, -0.2) is 33.2 Å². The first kappa shape index (κ1) is 16.3. The molecule has 0 unspecified atom stereocenters. The van der Waals surface area contributed by atoms with Crippen LogP contribution in [-0.2, 0) is 11.2 Å². The van der Waals surface area contributed by atoms with Crippen LogP contribution in [0, 0.1) is 0 Å². The predicted octanol–water partition coefficient (Wildman–Crippen LogP) is 2.51. The molecule has 124 valence electrons. The average molecular weight is 345 g/mol. The van der Waals surface area contributed by atoms with Gasteiger partial charge in [-0.05, 0) is 43.3 Å². The van der Waals surface area contributed by atoms with Crippen molar-refractivity contribution in [2.24, 2.45) is 0 Å². The second kappa shape index (κ2) is 7.31. The first-order chi connectivity index (χ1) is 11.6. The van der Waals surface area contributed by atoms with Gasteiger partial charge in [0.05, 0.1) is 0 Å². The molecule has 0 aliphatic rings. The number of nitrogens with zero attached hydrogens (tertiary/aromatic N) is 3. The van der Waals surface area contributed by atoms with Gasteiger partial charge in [-0.15, -0.1) is 10.2 Å². The van der Waals surface area contributed by atoms with Gasteiger partial charge in [-0.25, -0.2) is 0 Å². The van der Waals surface area contributed by atoms with Crippen molar-refractivity contribution < 1.29 is 9.53 Å². The van der Waals surface area contributed by atoms with E-state index in [4.69, 9.17) is 16.3 Å². The molecule has 7 heteroatoms. The molecule has 6 nitrogen and oxygen atoms in total. The lowest BCUT2D eigenvalue weighted by Crippen LogP contribution is -2.37. The minimum atomic E-state index is -0.596. The molecule has 0 fully saturated rings. The smallest absolute Gasteiger partial charge is 0.260 e. The first-order valence-electron chi connectivity index (χ1n) is 7.62. The van der Waals surface area contributed by atoms with Crippen LogP contribution in [0.2, 0.25) is 5.02 Å². The highest BCUT2D eigenvalue weighted by molar-refractivity contribution is 6.30. The summed E-state index contributed by atoms with van der Waals surface area (Å²) in [6.45, 7) is 2.17. The van der Waals surface area contributed by atoms with Gasteiger partial charge in [0.25, 0.3) is 5.91 Å². The molecule has 3 rings (SSSR count). The molecule has 1 atom stereocenters. The fourth-order valence-corrected chi connectivity index (χ4v) is 2.40. The van der Waals surface area contributed by atoms with Gasteiger partial charge >= 0.3 is 0 Å². The Kier molecular flexibility index (Phi) is 4.96. The number of carbonyl (C=O) groups excluding carboxylic acids is 1. The zero-order chi connectivity index (χ0) is 16.9. The van der Waals surface area contributed by atoms with Crippen LogP contribution in [0.3, 0.4) is 0 Å². The number of benzene rings is 1. The Morgan fingerprint density at radius 2 is 2.04 bits per heavy atom. The number of carbonyl (C=O) groups is 1. The van der Waals surface area contributed by atoms with Gasteiger partial charge in [0.1, 0.15) is 11.6 Å². The van der Waals surface area contributed by atoms with E-state index in [0.717, 1.165) is 11.5 Å². The Balaban J connectivity index is 1.50. The maximum Gasteiger partial charge on any atom is 0.260 e. The number of halogens is 1. The molecule has 0 aliphatic carbocycles. The average Bonchev–Trinajstić information content (AvgIpc) is 3.00. The minimum absolute atomic E-state index is 0.182. The van der Waals surface area contributed by atoms with Crippen LogP contribution < -0.4 is 10.1 Å². The van der Waals surface area contributed by atoms with E-state index >= 15 is 0 Å². The van der Waals surface area contributed by atoms with Gasteiger partial charge in [-0.2, -0.15) is 0 Å². The highest BCUT2D eigenvalue weighted by Gasteiger charge is 2.14. The number of ether oxygens (including phenoxy) is 1. The van der Waals surface area contributed by atoms with Crippen molar-refractivity contribution in [3.63, 3.8) is 0 Å². The van der Waals surface area contributed by atoms with Gasteiger partial charge in [-0.3, -0.25) is 9.20 Å². The van der Waals surface area contributed by atoms with E-state index in [1.807, 2.05) is 28.8 Å². The number of rotatable bonds is 6. The quantitative estimate of drug-likeness (QED) is 0.746. The van der Waals surface area contributed by atoms with E-state index in [9.17, 15) is 4.79 Å². The zero-order valence-corrected chi connectivity index (χ0v) is 13.9. The normalized spacial score (nSPS) is 12.1. The fourth-order valence-electron chi connectivity index (χ4n) is 2.27. The summed E-state index contributed by atoms with van der Waals surface area (Å²) in [4.78, 5) is 12.1. The number of fused-ring (bicyclic) bond motifs is 1. The van der Waals surface area contributed by atoms with E-state index < -0.39 is 6.10 Å². The largest absolute Gasteiger partial charge is 0.481 e. The third kappa shape index (κ3) is 3.83. The maximum atomic E-state index is 12.1. The second-order valence-corrected chi connectivity index (χ2v) is 5.74. The molecule has 2 heterocycles. The summed E-state index contributed by atoms with van der Waals surface area (Å²) in [5.41, 5.74) is 0.790. The molecule has 1 aromatic carbocycles. The Morgan fingerprint density at radius 1 is 1.25 bits per heavy atom. The van der Waals surface area contributed by atoms with E-state index in [-0.39, 0.29) is 5.91 Å². The minimum Gasteiger partial charge on any atom is -0.481 e. The molecule has 2 aromatic heterocycles. The molecule has 0 spiro atoms. The molecular formula is C17H17ClN4O2. The summed E-state index contributed by atoms with van der Waals surface area (Å²) in [5.74, 6) is 1.22. The molecule has 0 saturated carbocycles. The van der Waals surface area contributed by atoms with Crippen molar-refractivity contribution in [1.82, 2.24) is 19.9 Å². The van der Waals surface area contributed by atoms with Gasteiger partial charge in [-0.1, -0.05) is 17.7 Å². The van der Waals surface area contributed by atoms with Crippen LogP contribution in [0.5, 0.6) is 5.75 Å². The highest BCUT2D eigenvalue weighted by Crippen LogP contribution is 2.16. The number of aromatic nitrogens is 3. The van der Waals surface area contributed by atoms with Crippen LogP contribution in [0.15, 0.2) is 48.7 Å². The molecule has 1 amide bonds. The molecular weight excluding hydrogens is 328 g/mol. The first-order valence-corrected chi connectivity index (χ1v) is 8.00. The number of hydrogen-bond acceptors (Lipinski definition) is 4. The topological polar surface area (TPSA) is 68.5 Å². The van der Waals surface area contributed by atoms with Crippen molar-refractivity contribution in [1.29, 1.82) is 0 Å². The fraction of sp³-hybridized carbons (Fsp3) is 0.235. The monoisotopic (exact) mass is 344 g/mol. The number of hydrogen-bond donors (Lipinski definition) is 1. The Bertz CT molecular complexity index is 832. The molecule has 0 saturated heterocycles. The number of nitrogens with one attached hydrogen (secondary N) is 1. The van der Waals surface area contributed by atoms with Crippen LogP contribution in [0.4, 0.5) is 0 Å². The SMILES string of the molecule is C[C@@H](Oc1ccc(Cl)cc1)C(=O)NCCc1nnc2ccccn12. The van der Waals surface area contributed by atoms with Crippen LogP contribution in [0.25, 0.3) is 5.65 Å². The molecule has 0 bridgehead atoms. The van der Waals surface area contributed by atoms with Crippen molar-refractivity contribution in [2.75, 3.05) is 6.54 Å². The Morgan fingerprint density at radius 3 is 2.83 bits per heavy atom. The summed E-state index contributed by atoms with van der Waals surface area (Å²) >= 11 is 5.82. The van der Waals surface area contributed by atoms with Crippen LogP contribution in [0.1, 0.15) is 12.7 Å². The summed E-state index contributed by atoms with van der Waals surface area (Å²) in [6.07, 6.45) is 1.89.